The van der Waals surface area contributed by atoms with Crippen LogP contribution in [0, 0.1) is 0 Å². The Morgan fingerprint density at radius 2 is 1.39 bits per heavy atom. The summed E-state index contributed by atoms with van der Waals surface area (Å²) in [7, 11) is 6.40. The molecule has 0 bridgehead atoms. The highest BCUT2D eigenvalue weighted by Crippen LogP contribution is 2.31. The Labute approximate surface area is 163 Å². The molecule has 1 heterocycles. The summed E-state index contributed by atoms with van der Waals surface area (Å²) in [6.07, 6.45) is 0. The third-order valence-electron chi connectivity index (χ3n) is 4.15. The average molecular weight is 385 g/mol. The molecule has 0 aliphatic carbocycles. The van der Waals surface area contributed by atoms with E-state index < -0.39 is 0 Å². The molecule has 8 heteroatoms. The van der Waals surface area contributed by atoms with Gasteiger partial charge in [0.1, 0.15) is 0 Å². The van der Waals surface area contributed by atoms with Crippen LogP contribution in [0.15, 0.2) is 40.8 Å². The predicted molar refractivity (Wildman–Crippen MR) is 103 cm³/mol. The number of methoxy groups -OCH3 is 4. The van der Waals surface area contributed by atoms with Gasteiger partial charge in [-0.2, -0.15) is 0 Å². The maximum atomic E-state index is 5.74. The Hall–Kier alpha value is -3.26. The monoisotopic (exact) mass is 385 g/mol. The smallest absolute Gasteiger partial charge is 0.247 e. The summed E-state index contributed by atoms with van der Waals surface area (Å²) >= 11 is 0. The van der Waals surface area contributed by atoms with E-state index in [1.807, 2.05) is 24.3 Å². The molecule has 0 aliphatic heterocycles. The number of hydrogen-bond donors (Lipinski definition) is 1. The zero-order chi connectivity index (χ0) is 19.9. The van der Waals surface area contributed by atoms with Crippen LogP contribution in [0.25, 0.3) is 11.5 Å². The van der Waals surface area contributed by atoms with Crippen LogP contribution in [0.1, 0.15) is 11.5 Å². The van der Waals surface area contributed by atoms with Crippen LogP contribution >= 0.6 is 0 Å². The van der Waals surface area contributed by atoms with Gasteiger partial charge >= 0.3 is 0 Å². The van der Waals surface area contributed by atoms with Crippen LogP contribution in [-0.4, -0.2) is 38.6 Å². The highest BCUT2D eigenvalue weighted by atomic mass is 16.5. The lowest BCUT2D eigenvalue weighted by molar-refractivity contribution is 0.354. The predicted octanol–water partition coefficient (Wildman–Crippen LogP) is 3.06. The van der Waals surface area contributed by atoms with Gasteiger partial charge in [0, 0.05) is 12.1 Å². The molecular weight excluding hydrogens is 362 g/mol. The van der Waals surface area contributed by atoms with Crippen molar-refractivity contribution < 1.29 is 23.4 Å². The number of nitrogens with zero attached hydrogens (tertiary/aromatic N) is 2. The van der Waals surface area contributed by atoms with Crippen molar-refractivity contribution in [1.82, 2.24) is 15.5 Å². The standard InChI is InChI=1S/C20H23N3O5/c1-24-15-7-5-13(9-17(15)26-3)11-21-12-19-22-23-20(28-19)14-6-8-16(25-2)18(10-14)27-4/h5-10,21H,11-12H2,1-4H3. The Bertz CT molecular complexity index is 926. The van der Waals surface area contributed by atoms with E-state index in [1.54, 1.807) is 40.6 Å². The van der Waals surface area contributed by atoms with Crippen LogP contribution in [0.5, 0.6) is 23.0 Å². The summed E-state index contributed by atoms with van der Waals surface area (Å²) in [6.45, 7) is 1.06. The second-order valence-corrected chi connectivity index (χ2v) is 5.86. The van der Waals surface area contributed by atoms with Gasteiger partial charge in [0.15, 0.2) is 23.0 Å². The Morgan fingerprint density at radius 3 is 2.07 bits per heavy atom. The van der Waals surface area contributed by atoms with Gasteiger partial charge in [-0.15, -0.1) is 10.2 Å². The van der Waals surface area contributed by atoms with Crippen molar-refractivity contribution in [2.24, 2.45) is 0 Å². The Balaban J connectivity index is 1.62. The third kappa shape index (κ3) is 4.34. The van der Waals surface area contributed by atoms with Gasteiger partial charge in [0.2, 0.25) is 11.8 Å². The lowest BCUT2D eigenvalue weighted by atomic mass is 10.2. The minimum atomic E-state index is 0.420. The van der Waals surface area contributed by atoms with E-state index in [1.165, 1.54) is 0 Å². The van der Waals surface area contributed by atoms with Gasteiger partial charge in [0.25, 0.3) is 0 Å². The van der Waals surface area contributed by atoms with Gasteiger partial charge in [-0.3, -0.25) is 0 Å². The van der Waals surface area contributed by atoms with Crippen molar-refractivity contribution in [3.8, 4) is 34.5 Å². The maximum absolute atomic E-state index is 5.74. The lowest BCUT2D eigenvalue weighted by Crippen LogP contribution is -2.13. The van der Waals surface area contributed by atoms with Crippen LogP contribution in [0.2, 0.25) is 0 Å². The fourth-order valence-electron chi connectivity index (χ4n) is 2.72. The van der Waals surface area contributed by atoms with Crippen molar-refractivity contribution in [3.05, 3.63) is 47.9 Å². The maximum Gasteiger partial charge on any atom is 0.247 e. The normalized spacial score (nSPS) is 10.6. The minimum Gasteiger partial charge on any atom is -0.493 e. The van der Waals surface area contributed by atoms with Crippen molar-refractivity contribution in [3.63, 3.8) is 0 Å². The second-order valence-electron chi connectivity index (χ2n) is 5.86. The summed E-state index contributed by atoms with van der Waals surface area (Å²) in [5, 5.41) is 11.5. The number of aromatic nitrogens is 2. The minimum absolute atomic E-state index is 0.420. The summed E-state index contributed by atoms with van der Waals surface area (Å²) in [5.74, 6) is 3.54. The molecular formula is C20H23N3O5. The van der Waals surface area contributed by atoms with Crippen LogP contribution in [0.4, 0.5) is 0 Å². The van der Waals surface area contributed by atoms with Gasteiger partial charge in [-0.05, 0) is 35.9 Å². The molecule has 0 unspecified atom stereocenters. The van der Waals surface area contributed by atoms with E-state index in [2.05, 4.69) is 15.5 Å². The molecule has 0 fully saturated rings. The molecule has 0 saturated heterocycles. The molecule has 1 N–H and O–H groups in total. The highest BCUT2D eigenvalue weighted by Gasteiger charge is 2.12. The van der Waals surface area contributed by atoms with E-state index in [-0.39, 0.29) is 0 Å². The summed E-state index contributed by atoms with van der Waals surface area (Å²) < 4.78 is 26.8. The molecule has 1 aromatic heterocycles. The third-order valence-corrected chi connectivity index (χ3v) is 4.15. The van der Waals surface area contributed by atoms with E-state index in [4.69, 9.17) is 23.4 Å². The number of nitrogens with one attached hydrogen (secondary N) is 1. The molecule has 0 amide bonds. The van der Waals surface area contributed by atoms with E-state index in [0.717, 1.165) is 11.1 Å². The van der Waals surface area contributed by atoms with Gasteiger partial charge in [-0.25, -0.2) is 0 Å². The summed E-state index contributed by atoms with van der Waals surface area (Å²) in [4.78, 5) is 0. The topological polar surface area (TPSA) is 87.9 Å². The molecule has 3 rings (SSSR count). The van der Waals surface area contributed by atoms with Crippen molar-refractivity contribution in [2.75, 3.05) is 28.4 Å². The Morgan fingerprint density at radius 1 is 0.750 bits per heavy atom. The molecule has 3 aromatic rings. The number of benzene rings is 2. The molecule has 28 heavy (non-hydrogen) atoms. The summed E-state index contributed by atoms with van der Waals surface area (Å²) in [5.41, 5.74) is 1.81. The van der Waals surface area contributed by atoms with Crippen LogP contribution < -0.4 is 24.3 Å². The molecule has 0 atom stereocenters. The van der Waals surface area contributed by atoms with Crippen LogP contribution in [-0.2, 0) is 13.1 Å². The van der Waals surface area contributed by atoms with E-state index >= 15 is 0 Å². The lowest BCUT2D eigenvalue weighted by Gasteiger charge is -2.09. The first-order valence-corrected chi connectivity index (χ1v) is 8.65. The first-order chi connectivity index (χ1) is 13.7. The first-order valence-electron chi connectivity index (χ1n) is 8.65. The zero-order valence-corrected chi connectivity index (χ0v) is 16.3. The SMILES string of the molecule is COc1ccc(CNCc2nnc(-c3ccc(OC)c(OC)c3)o2)cc1OC. The number of hydrogen-bond acceptors (Lipinski definition) is 8. The van der Waals surface area contributed by atoms with Gasteiger partial charge in [-0.1, -0.05) is 6.07 Å². The summed E-state index contributed by atoms with van der Waals surface area (Å²) in [6, 6.07) is 11.2. The first kappa shape index (κ1) is 19.5. The van der Waals surface area contributed by atoms with E-state index in [9.17, 15) is 0 Å². The Kier molecular flexibility index (Phi) is 6.33. The zero-order valence-electron chi connectivity index (χ0n) is 16.3. The fraction of sp³-hybridized carbons (Fsp3) is 0.300. The molecule has 0 radical (unpaired) electrons. The van der Waals surface area contributed by atoms with Gasteiger partial charge in [0.05, 0.1) is 35.0 Å². The van der Waals surface area contributed by atoms with Crippen molar-refractivity contribution >= 4 is 0 Å². The molecule has 148 valence electrons. The molecule has 0 spiro atoms. The fourth-order valence-corrected chi connectivity index (χ4v) is 2.72. The van der Waals surface area contributed by atoms with Gasteiger partial charge < -0.3 is 28.7 Å². The average Bonchev–Trinajstić information content (AvgIpc) is 3.22. The number of rotatable bonds is 9. The number of ether oxygens (including phenoxy) is 4. The van der Waals surface area contributed by atoms with Crippen molar-refractivity contribution in [1.29, 1.82) is 0 Å². The van der Waals surface area contributed by atoms with E-state index in [0.29, 0.717) is 47.9 Å². The molecule has 2 aromatic carbocycles. The molecule has 8 nitrogen and oxygen atoms in total. The quantitative estimate of drug-likeness (QED) is 0.601. The highest BCUT2D eigenvalue weighted by molar-refractivity contribution is 5.59. The van der Waals surface area contributed by atoms with Crippen LogP contribution in [0.3, 0.4) is 0 Å². The largest absolute Gasteiger partial charge is 0.493 e. The molecule has 0 aliphatic rings. The van der Waals surface area contributed by atoms with Crippen molar-refractivity contribution in [2.45, 2.75) is 13.1 Å². The second kappa shape index (κ2) is 9.09. The molecule has 0 saturated carbocycles.